The summed E-state index contributed by atoms with van der Waals surface area (Å²) in [6.07, 6.45) is 0. The Morgan fingerprint density at radius 3 is 2.67 bits per heavy atom. The lowest BCUT2D eigenvalue weighted by Crippen LogP contribution is -2.38. The highest BCUT2D eigenvalue weighted by molar-refractivity contribution is 6.33. The van der Waals surface area contributed by atoms with Gasteiger partial charge in [0.25, 0.3) is 0 Å². The van der Waals surface area contributed by atoms with Crippen molar-refractivity contribution in [3.05, 3.63) is 22.7 Å². The number of carbonyl (C=O) groups excluding carboxylic acids is 1. The van der Waals surface area contributed by atoms with Crippen molar-refractivity contribution in [1.29, 1.82) is 0 Å². The van der Waals surface area contributed by atoms with Crippen molar-refractivity contribution in [1.82, 2.24) is 5.32 Å². The molecule has 0 aromatic heterocycles. The van der Waals surface area contributed by atoms with Gasteiger partial charge in [-0.05, 0) is 38.5 Å². The van der Waals surface area contributed by atoms with Gasteiger partial charge in [0.15, 0.2) is 0 Å². The lowest BCUT2D eigenvalue weighted by molar-refractivity contribution is -0.120. The summed E-state index contributed by atoms with van der Waals surface area (Å²) in [5.41, 5.74) is 8.19. The first-order chi connectivity index (χ1) is 8.31. The number of rotatable bonds is 4. The molecule has 0 unspecified atom stereocenters. The number of hydrogen-bond donors (Lipinski definition) is 2. The number of anilines is 2. The van der Waals surface area contributed by atoms with E-state index < -0.39 is 0 Å². The van der Waals surface area contributed by atoms with E-state index in [0.29, 0.717) is 17.3 Å². The Kier molecular flexibility index (Phi) is 4.84. The van der Waals surface area contributed by atoms with E-state index in [1.807, 2.05) is 38.8 Å². The van der Waals surface area contributed by atoms with E-state index in [1.165, 1.54) is 0 Å². The molecular weight excluding hydrogens is 250 g/mol. The molecule has 0 bridgehead atoms. The van der Waals surface area contributed by atoms with Crippen molar-refractivity contribution in [2.45, 2.75) is 26.8 Å². The first kappa shape index (κ1) is 14.6. The predicted octanol–water partition coefficient (Wildman–Crippen LogP) is 2.19. The number of likely N-dealkylation sites (N-methyl/N-ethyl adjacent to an activating group) is 1. The normalized spacial score (nSPS) is 10.6. The molecule has 1 amide bonds. The van der Waals surface area contributed by atoms with Crippen LogP contribution in [0.4, 0.5) is 11.4 Å². The van der Waals surface area contributed by atoms with E-state index in [4.69, 9.17) is 17.3 Å². The van der Waals surface area contributed by atoms with Crippen LogP contribution in [0, 0.1) is 6.92 Å². The third kappa shape index (κ3) is 3.81. The number of aryl methyl sites for hydroxylation is 1. The smallest absolute Gasteiger partial charge is 0.239 e. The zero-order valence-electron chi connectivity index (χ0n) is 11.2. The molecule has 0 saturated carbocycles. The quantitative estimate of drug-likeness (QED) is 0.824. The number of nitrogens with one attached hydrogen (secondary N) is 1. The monoisotopic (exact) mass is 269 g/mol. The Bertz CT molecular complexity index is 446. The average molecular weight is 270 g/mol. The fraction of sp³-hybridized carbons (Fsp3) is 0.462. The predicted molar refractivity (Wildman–Crippen MR) is 77.2 cm³/mol. The van der Waals surface area contributed by atoms with E-state index in [9.17, 15) is 4.79 Å². The van der Waals surface area contributed by atoms with Gasteiger partial charge >= 0.3 is 0 Å². The van der Waals surface area contributed by atoms with Crippen LogP contribution in [0.5, 0.6) is 0 Å². The van der Waals surface area contributed by atoms with Crippen LogP contribution in [0.3, 0.4) is 0 Å². The molecule has 5 heteroatoms. The van der Waals surface area contributed by atoms with E-state index >= 15 is 0 Å². The molecule has 0 aliphatic rings. The largest absolute Gasteiger partial charge is 0.398 e. The second kappa shape index (κ2) is 5.96. The Balaban J connectivity index is 2.81. The van der Waals surface area contributed by atoms with Crippen LogP contribution in [0.25, 0.3) is 0 Å². The number of amides is 1. The minimum absolute atomic E-state index is 0.0140. The SMILES string of the molecule is Cc1cc(N)c(Cl)cc1N(C)CC(=O)NC(C)C. The van der Waals surface area contributed by atoms with Gasteiger partial charge in [-0.15, -0.1) is 0 Å². The highest BCUT2D eigenvalue weighted by Crippen LogP contribution is 2.28. The Morgan fingerprint density at radius 2 is 2.11 bits per heavy atom. The zero-order valence-corrected chi connectivity index (χ0v) is 12.0. The summed E-state index contributed by atoms with van der Waals surface area (Å²) < 4.78 is 0. The molecule has 0 fully saturated rings. The minimum Gasteiger partial charge on any atom is -0.398 e. The van der Waals surface area contributed by atoms with Crippen LogP contribution >= 0.6 is 11.6 Å². The van der Waals surface area contributed by atoms with Crippen LogP contribution in [0.2, 0.25) is 5.02 Å². The third-order valence-corrected chi connectivity index (χ3v) is 2.88. The zero-order chi connectivity index (χ0) is 13.9. The molecule has 1 aromatic rings. The average Bonchev–Trinajstić information content (AvgIpc) is 2.21. The number of nitrogen functional groups attached to an aromatic ring is 1. The lowest BCUT2D eigenvalue weighted by atomic mass is 10.1. The number of benzene rings is 1. The van der Waals surface area contributed by atoms with E-state index in [-0.39, 0.29) is 11.9 Å². The third-order valence-electron chi connectivity index (χ3n) is 2.56. The summed E-state index contributed by atoms with van der Waals surface area (Å²) in [5, 5.41) is 3.36. The van der Waals surface area contributed by atoms with Gasteiger partial charge in [-0.25, -0.2) is 0 Å². The second-order valence-electron chi connectivity index (χ2n) is 4.74. The van der Waals surface area contributed by atoms with Crippen LogP contribution in [-0.2, 0) is 4.79 Å². The van der Waals surface area contributed by atoms with Crippen LogP contribution in [-0.4, -0.2) is 25.5 Å². The molecule has 0 heterocycles. The highest BCUT2D eigenvalue weighted by Gasteiger charge is 2.12. The number of nitrogens with zero attached hydrogens (tertiary/aromatic N) is 1. The molecule has 4 nitrogen and oxygen atoms in total. The molecule has 0 saturated heterocycles. The summed E-state index contributed by atoms with van der Waals surface area (Å²) in [6, 6.07) is 3.74. The van der Waals surface area contributed by atoms with Crippen molar-refractivity contribution in [3.63, 3.8) is 0 Å². The molecule has 0 spiro atoms. The maximum atomic E-state index is 11.7. The molecule has 1 rings (SSSR count). The summed E-state index contributed by atoms with van der Waals surface area (Å²) in [5.74, 6) is -0.0140. The van der Waals surface area contributed by atoms with Gasteiger partial charge in [-0.3, -0.25) is 4.79 Å². The molecule has 0 aliphatic heterocycles. The van der Waals surface area contributed by atoms with Gasteiger partial charge < -0.3 is 16.0 Å². The molecule has 1 aromatic carbocycles. The highest BCUT2D eigenvalue weighted by atomic mass is 35.5. The number of hydrogen-bond acceptors (Lipinski definition) is 3. The first-order valence-electron chi connectivity index (χ1n) is 5.87. The number of halogens is 1. The van der Waals surface area contributed by atoms with Crippen LogP contribution < -0.4 is 16.0 Å². The fourth-order valence-corrected chi connectivity index (χ4v) is 1.93. The van der Waals surface area contributed by atoms with E-state index in [0.717, 1.165) is 11.3 Å². The second-order valence-corrected chi connectivity index (χ2v) is 5.15. The van der Waals surface area contributed by atoms with Crippen molar-refractivity contribution in [2.75, 3.05) is 24.2 Å². The molecule has 18 heavy (non-hydrogen) atoms. The Labute approximate surface area is 113 Å². The van der Waals surface area contributed by atoms with Crippen molar-refractivity contribution in [3.8, 4) is 0 Å². The number of nitrogens with two attached hydrogens (primary N) is 1. The molecule has 3 N–H and O–H groups in total. The van der Waals surface area contributed by atoms with Crippen LogP contribution in [0.15, 0.2) is 12.1 Å². The van der Waals surface area contributed by atoms with E-state index in [1.54, 1.807) is 6.07 Å². The molecular formula is C13H20ClN3O. The van der Waals surface area contributed by atoms with E-state index in [2.05, 4.69) is 5.32 Å². The maximum Gasteiger partial charge on any atom is 0.239 e. The number of carbonyl (C=O) groups is 1. The maximum absolute atomic E-state index is 11.7. The molecule has 0 aliphatic carbocycles. The van der Waals surface area contributed by atoms with Gasteiger partial charge in [0.1, 0.15) is 0 Å². The van der Waals surface area contributed by atoms with Crippen molar-refractivity contribution >= 4 is 28.9 Å². The topological polar surface area (TPSA) is 58.4 Å². The Hall–Kier alpha value is -1.42. The molecule has 0 atom stereocenters. The van der Waals surface area contributed by atoms with Gasteiger partial charge in [0.2, 0.25) is 5.91 Å². The van der Waals surface area contributed by atoms with Crippen LogP contribution in [0.1, 0.15) is 19.4 Å². The van der Waals surface area contributed by atoms with Crippen molar-refractivity contribution < 1.29 is 4.79 Å². The lowest BCUT2D eigenvalue weighted by Gasteiger charge is -2.22. The van der Waals surface area contributed by atoms with Gasteiger partial charge in [0, 0.05) is 18.8 Å². The van der Waals surface area contributed by atoms with Gasteiger partial charge in [-0.1, -0.05) is 11.6 Å². The molecule has 100 valence electrons. The van der Waals surface area contributed by atoms with Gasteiger partial charge in [-0.2, -0.15) is 0 Å². The summed E-state index contributed by atoms with van der Waals surface area (Å²) in [4.78, 5) is 13.5. The summed E-state index contributed by atoms with van der Waals surface area (Å²) in [6.45, 7) is 6.10. The van der Waals surface area contributed by atoms with Gasteiger partial charge in [0.05, 0.1) is 17.3 Å². The Morgan fingerprint density at radius 1 is 1.50 bits per heavy atom. The minimum atomic E-state index is -0.0140. The standard InChI is InChI=1S/C13H20ClN3O/c1-8(2)16-13(18)7-17(4)12-6-10(14)11(15)5-9(12)3/h5-6,8H,7,15H2,1-4H3,(H,16,18). The summed E-state index contributed by atoms with van der Waals surface area (Å²) >= 11 is 6.00. The first-order valence-corrected chi connectivity index (χ1v) is 6.25. The van der Waals surface area contributed by atoms with Crippen molar-refractivity contribution in [2.24, 2.45) is 0 Å². The molecule has 0 radical (unpaired) electrons. The fourth-order valence-electron chi connectivity index (χ4n) is 1.77. The summed E-state index contributed by atoms with van der Waals surface area (Å²) in [7, 11) is 1.86.